The van der Waals surface area contributed by atoms with Gasteiger partial charge in [-0.05, 0) is 40.9 Å². The second kappa shape index (κ2) is 4.89. The first-order valence-electron chi connectivity index (χ1n) is 4.82. The molecular weight excluding hydrogens is 242 g/mol. The molecule has 0 amide bonds. The minimum atomic E-state index is -0.374. The van der Waals surface area contributed by atoms with E-state index in [4.69, 9.17) is 0 Å². The van der Waals surface area contributed by atoms with E-state index in [2.05, 4.69) is 34.8 Å². The van der Waals surface area contributed by atoms with Crippen molar-refractivity contribution in [2.24, 2.45) is 5.92 Å². The molecule has 2 nitrogen and oxygen atoms in total. The molecule has 0 aromatic carbocycles. The molecule has 2 unspecified atom stereocenters. The summed E-state index contributed by atoms with van der Waals surface area (Å²) < 4.78 is 0.972. The molecule has 1 rings (SSSR count). The molecule has 3 heteroatoms. The van der Waals surface area contributed by atoms with E-state index in [9.17, 15) is 5.11 Å². The highest BCUT2D eigenvalue weighted by molar-refractivity contribution is 9.10. The lowest BCUT2D eigenvalue weighted by molar-refractivity contribution is 0.138. The zero-order chi connectivity index (χ0) is 10.7. The third-order valence-electron chi connectivity index (χ3n) is 2.34. The van der Waals surface area contributed by atoms with Gasteiger partial charge in [-0.3, -0.25) is 4.98 Å². The number of halogens is 1. The monoisotopic (exact) mass is 257 g/mol. The fraction of sp³-hybridized carbons (Fsp3) is 0.545. The van der Waals surface area contributed by atoms with Crippen LogP contribution >= 0.6 is 15.9 Å². The van der Waals surface area contributed by atoms with Gasteiger partial charge in [0.25, 0.3) is 0 Å². The first kappa shape index (κ1) is 11.7. The molecule has 0 saturated heterocycles. The van der Waals surface area contributed by atoms with E-state index in [-0.39, 0.29) is 12.0 Å². The van der Waals surface area contributed by atoms with Crippen LogP contribution < -0.4 is 0 Å². The summed E-state index contributed by atoms with van der Waals surface area (Å²) in [7, 11) is 0. The Kier molecular flexibility index (Phi) is 4.08. The van der Waals surface area contributed by atoms with Gasteiger partial charge in [0.05, 0.1) is 11.8 Å². The lowest BCUT2D eigenvalue weighted by Crippen LogP contribution is -2.21. The van der Waals surface area contributed by atoms with Gasteiger partial charge >= 0.3 is 0 Å². The molecule has 2 atom stereocenters. The summed E-state index contributed by atoms with van der Waals surface area (Å²) in [6.45, 7) is 6.00. The summed E-state index contributed by atoms with van der Waals surface area (Å²) in [5.41, 5.74) is 0.942. The second-order valence-electron chi connectivity index (χ2n) is 3.88. The van der Waals surface area contributed by atoms with Crippen LogP contribution in [0.25, 0.3) is 0 Å². The van der Waals surface area contributed by atoms with Crippen LogP contribution in [-0.2, 0) is 0 Å². The maximum absolute atomic E-state index is 9.70. The molecule has 0 radical (unpaired) electrons. The molecule has 0 saturated carbocycles. The molecule has 1 aromatic rings. The zero-order valence-corrected chi connectivity index (χ0v) is 10.3. The van der Waals surface area contributed by atoms with Gasteiger partial charge in [-0.2, -0.15) is 0 Å². The Balaban J connectivity index is 3.05. The molecule has 1 N–H and O–H groups in total. The van der Waals surface area contributed by atoms with Gasteiger partial charge in [-0.25, -0.2) is 0 Å². The second-order valence-corrected chi connectivity index (χ2v) is 4.74. The highest BCUT2D eigenvalue weighted by Crippen LogP contribution is 2.31. The maximum atomic E-state index is 9.70. The maximum Gasteiger partial charge on any atom is 0.0604 e. The molecule has 0 bridgehead atoms. The Morgan fingerprint density at radius 2 is 2.00 bits per heavy atom. The number of rotatable bonds is 3. The normalized spacial score (nSPS) is 15.6. The van der Waals surface area contributed by atoms with Crippen molar-refractivity contribution < 1.29 is 5.11 Å². The van der Waals surface area contributed by atoms with Crippen LogP contribution in [0.15, 0.2) is 22.8 Å². The topological polar surface area (TPSA) is 33.1 Å². The third kappa shape index (κ3) is 2.55. The molecule has 1 aromatic heterocycles. The van der Waals surface area contributed by atoms with Crippen molar-refractivity contribution in [3.8, 4) is 0 Å². The van der Waals surface area contributed by atoms with Gasteiger partial charge in [0, 0.05) is 16.6 Å². The van der Waals surface area contributed by atoms with Crippen LogP contribution in [0, 0.1) is 5.92 Å². The van der Waals surface area contributed by atoms with E-state index in [1.807, 2.05) is 19.1 Å². The highest BCUT2D eigenvalue weighted by atomic mass is 79.9. The Hall–Kier alpha value is -0.410. The molecular formula is C11H16BrNO. The van der Waals surface area contributed by atoms with Gasteiger partial charge in [-0.15, -0.1) is 0 Å². The first-order valence-corrected chi connectivity index (χ1v) is 5.61. The van der Waals surface area contributed by atoms with E-state index in [0.29, 0.717) is 5.92 Å². The van der Waals surface area contributed by atoms with Crippen LogP contribution in [0.5, 0.6) is 0 Å². The number of hydrogen-bond acceptors (Lipinski definition) is 2. The van der Waals surface area contributed by atoms with E-state index >= 15 is 0 Å². The minimum absolute atomic E-state index is 0.0885. The number of pyridine rings is 1. The Morgan fingerprint density at radius 1 is 1.36 bits per heavy atom. The smallest absolute Gasteiger partial charge is 0.0604 e. The summed E-state index contributed by atoms with van der Waals surface area (Å²) >= 11 is 3.46. The molecule has 1 heterocycles. The molecule has 0 aliphatic carbocycles. The molecule has 0 aliphatic heterocycles. The van der Waals surface area contributed by atoms with Crippen molar-refractivity contribution in [3.05, 3.63) is 28.5 Å². The Labute approximate surface area is 93.5 Å². The highest BCUT2D eigenvalue weighted by Gasteiger charge is 2.24. The fourth-order valence-electron chi connectivity index (χ4n) is 1.74. The van der Waals surface area contributed by atoms with E-state index in [1.165, 1.54) is 0 Å². The number of aromatic nitrogens is 1. The molecule has 0 spiro atoms. The molecule has 0 fully saturated rings. The summed E-state index contributed by atoms with van der Waals surface area (Å²) in [6, 6.07) is 3.84. The molecule has 78 valence electrons. The third-order valence-corrected chi connectivity index (χ3v) is 3.01. The Morgan fingerprint density at radius 3 is 2.43 bits per heavy atom. The van der Waals surface area contributed by atoms with Gasteiger partial charge in [0.15, 0.2) is 0 Å². The van der Waals surface area contributed by atoms with Crippen LogP contribution in [0.4, 0.5) is 0 Å². The first-order chi connectivity index (χ1) is 6.54. The number of nitrogens with zero attached hydrogens (tertiary/aromatic N) is 1. The van der Waals surface area contributed by atoms with Crippen molar-refractivity contribution >= 4 is 15.9 Å². The molecule has 14 heavy (non-hydrogen) atoms. The number of aliphatic hydroxyl groups excluding tert-OH is 1. The van der Waals surface area contributed by atoms with E-state index < -0.39 is 0 Å². The van der Waals surface area contributed by atoms with Crippen molar-refractivity contribution in [1.29, 1.82) is 0 Å². The lowest BCUT2D eigenvalue weighted by Gasteiger charge is -2.24. The predicted molar refractivity (Wildman–Crippen MR) is 61.2 cm³/mol. The van der Waals surface area contributed by atoms with Crippen LogP contribution in [0.1, 0.15) is 32.4 Å². The van der Waals surface area contributed by atoms with Crippen molar-refractivity contribution in [1.82, 2.24) is 4.98 Å². The van der Waals surface area contributed by atoms with E-state index in [0.717, 1.165) is 10.2 Å². The largest absolute Gasteiger partial charge is 0.393 e. The van der Waals surface area contributed by atoms with Crippen molar-refractivity contribution in [2.75, 3.05) is 0 Å². The van der Waals surface area contributed by atoms with Gasteiger partial charge in [0.2, 0.25) is 0 Å². The summed E-state index contributed by atoms with van der Waals surface area (Å²) in [6.07, 6.45) is 1.39. The summed E-state index contributed by atoms with van der Waals surface area (Å²) in [5, 5.41) is 9.70. The average Bonchev–Trinajstić information content (AvgIpc) is 2.07. The summed E-state index contributed by atoms with van der Waals surface area (Å²) in [4.78, 5) is 4.31. The zero-order valence-electron chi connectivity index (χ0n) is 8.74. The quantitative estimate of drug-likeness (QED) is 0.904. The average molecular weight is 258 g/mol. The lowest BCUT2D eigenvalue weighted by atomic mass is 9.88. The van der Waals surface area contributed by atoms with Crippen LogP contribution in [0.3, 0.4) is 0 Å². The van der Waals surface area contributed by atoms with Crippen molar-refractivity contribution in [3.63, 3.8) is 0 Å². The number of hydrogen-bond donors (Lipinski definition) is 1. The van der Waals surface area contributed by atoms with Crippen LogP contribution in [-0.4, -0.2) is 16.2 Å². The Bertz CT molecular complexity index is 291. The summed E-state index contributed by atoms with van der Waals surface area (Å²) in [5.74, 6) is 0.465. The van der Waals surface area contributed by atoms with Crippen LogP contribution in [0.2, 0.25) is 0 Å². The minimum Gasteiger partial charge on any atom is -0.393 e. The van der Waals surface area contributed by atoms with Gasteiger partial charge in [-0.1, -0.05) is 13.8 Å². The van der Waals surface area contributed by atoms with E-state index in [1.54, 1.807) is 6.20 Å². The SMILES string of the molecule is CC(C)C(c1ncccc1Br)C(C)O. The molecule has 0 aliphatic rings. The van der Waals surface area contributed by atoms with Crippen molar-refractivity contribution in [2.45, 2.75) is 32.8 Å². The predicted octanol–water partition coefficient (Wildman–Crippen LogP) is 2.96. The fourth-order valence-corrected chi connectivity index (χ4v) is 2.26. The van der Waals surface area contributed by atoms with Gasteiger partial charge in [0.1, 0.15) is 0 Å². The number of aliphatic hydroxyl groups is 1. The standard InChI is InChI=1S/C11H16BrNO/c1-7(2)10(8(3)14)11-9(12)5-4-6-13-11/h4-8,10,14H,1-3H3. The van der Waals surface area contributed by atoms with Gasteiger partial charge < -0.3 is 5.11 Å².